The van der Waals surface area contributed by atoms with Crippen molar-refractivity contribution in [2.45, 2.75) is 17.4 Å². The lowest BCUT2D eigenvalue weighted by atomic mass is 10.1. The molecule has 3 aromatic rings. The molecule has 0 aromatic heterocycles. The molecule has 0 saturated heterocycles. The number of methoxy groups -OCH3 is 1. The SMILES string of the molecule is COc1ccc(Cl)cc1S(=O)(=O)N[C@H](Cc1ccccc1)C(=O)Nc1cccc(Cl)c1. The van der Waals surface area contributed by atoms with Crippen molar-refractivity contribution in [2.75, 3.05) is 12.4 Å². The lowest BCUT2D eigenvalue weighted by molar-refractivity contribution is -0.117. The number of carbonyl (C=O) groups excluding carboxylic acids is 1. The fraction of sp³-hybridized carbons (Fsp3) is 0.136. The number of amides is 1. The second kappa shape index (κ2) is 10.2. The molecular weight excluding hydrogens is 459 g/mol. The van der Waals surface area contributed by atoms with Crippen LogP contribution in [0.1, 0.15) is 5.56 Å². The van der Waals surface area contributed by atoms with Gasteiger partial charge in [0.15, 0.2) is 0 Å². The van der Waals surface area contributed by atoms with Crippen molar-refractivity contribution in [1.29, 1.82) is 0 Å². The molecule has 0 saturated carbocycles. The number of rotatable bonds is 8. The van der Waals surface area contributed by atoms with Crippen LogP contribution >= 0.6 is 23.2 Å². The van der Waals surface area contributed by atoms with Gasteiger partial charge in [0.1, 0.15) is 16.7 Å². The molecule has 0 bridgehead atoms. The quantitative estimate of drug-likeness (QED) is 0.497. The Labute approximate surface area is 191 Å². The van der Waals surface area contributed by atoms with Crippen LogP contribution in [0, 0.1) is 0 Å². The predicted octanol–water partition coefficient (Wildman–Crippen LogP) is 4.53. The van der Waals surface area contributed by atoms with Crippen molar-refractivity contribution in [3.63, 3.8) is 0 Å². The average molecular weight is 479 g/mol. The second-order valence-corrected chi connectivity index (χ2v) is 9.21. The zero-order valence-electron chi connectivity index (χ0n) is 16.5. The molecule has 3 aromatic carbocycles. The summed E-state index contributed by atoms with van der Waals surface area (Å²) in [5.41, 5.74) is 1.24. The molecular formula is C22H20Cl2N2O4S. The van der Waals surface area contributed by atoms with E-state index in [2.05, 4.69) is 10.0 Å². The van der Waals surface area contributed by atoms with Gasteiger partial charge in [-0.3, -0.25) is 4.79 Å². The Morgan fingerprint density at radius 3 is 2.35 bits per heavy atom. The summed E-state index contributed by atoms with van der Waals surface area (Å²) in [6.07, 6.45) is 0.134. The van der Waals surface area contributed by atoms with Crippen LogP contribution in [0.5, 0.6) is 5.75 Å². The smallest absolute Gasteiger partial charge is 0.245 e. The molecule has 3 rings (SSSR count). The average Bonchev–Trinajstić information content (AvgIpc) is 2.74. The summed E-state index contributed by atoms with van der Waals surface area (Å²) in [7, 11) is -2.78. The molecule has 0 heterocycles. The van der Waals surface area contributed by atoms with Crippen LogP contribution in [0.3, 0.4) is 0 Å². The van der Waals surface area contributed by atoms with E-state index in [0.29, 0.717) is 10.7 Å². The molecule has 0 aliphatic heterocycles. The van der Waals surface area contributed by atoms with Crippen LogP contribution in [0.4, 0.5) is 5.69 Å². The Balaban J connectivity index is 1.92. The molecule has 6 nitrogen and oxygen atoms in total. The fourth-order valence-electron chi connectivity index (χ4n) is 2.94. The van der Waals surface area contributed by atoms with E-state index in [9.17, 15) is 13.2 Å². The number of ether oxygens (including phenoxy) is 1. The third-order valence-electron chi connectivity index (χ3n) is 4.40. The standard InChI is InChI=1S/C22H20Cl2N2O4S/c1-30-20-11-10-17(24)14-21(20)31(28,29)26-19(12-15-6-3-2-4-7-15)22(27)25-18-9-5-8-16(23)13-18/h2-11,13-14,19,26H,12H2,1H3,(H,25,27)/t19-/m1/s1. The monoisotopic (exact) mass is 478 g/mol. The van der Waals surface area contributed by atoms with E-state index in [1.807, 2.05) is 30.3 Å². The summed E-state index contributed by atoms with van der Waals surface area (Å²) in [4.78, 5) is 12.9. The number of halogens is 2. The van der Waals surface area contributed by atoms with Crippen molar-refractivity contribution < 1.29 is 17.9 Å². The number of anilines is 1. The number of hydrogen-bond acceptors (Lipinski definition) is 4. The van der Waals surface area contributed by atoms with Crippen LogP contribution in [-0.2, 0) is 21.2 Å². The Kier molecular flexibility index (Phi) is 7.56. The van der Waals surface area contributed by atoms with E-state index in [0.717, 1.165) is 5.56 Å². The highest BCUT2D eigenvalue weighted by Crippen LogP contribution is 2.27. The summed E-state index contributed by atoms with van der Waals surface area (Å²) in [6.45, 7) is 0. The summed E-state index contributed by atoms with van der Waals surface area (Å²) >= 11 is 12.0. The van der Waals surface area contributed by atoms with Gasteiger partial charge in [0.2, 0.25) is 15.9 Å². The zero-order valence-corrected chi connectivity index (χ0v) is 18.8. The molecule has 2 N–H and O–H groups in total. The molecule has 0 aliphatic carbocycles. The molecule has 1 atom stereocenters. The van der Waals surface area contributed by atoms with Gasteiger partial charge in [-0.25, -0.2) is 8.42 Å². The normalized spacial score (nSPS) is 12.2. The van der Waals surface area contributed by atoms with E-state index >= 15 is 0 Å². The molecule has 31 heavy (non-hydrogen) atoms. The topological polar surface area (TPSA) is 84.5 Å². The molecule has 9 heteroatoms. The van der Waals surface area contributed by atoms with Gasteiger partial charge >= 0.3 is 0 Å². The van der Waals surface area contributed by atoms with Gasteiger partial charge in [0.25, 0.3) is 0 Å². The maximum atomic E-state index is 13.1. The van der Waals surface area contributed by atoms with Crippen LogP contribution < -0.4 is 14.8 Å². The Morgan fingerprint density at radius 2 is 1.68 bits per heavy atom. The first-order chi connectivity index (χ1) is 14.8. The highest BCUT2D eigenvalue weighted by molar-refractivity contribution is 7.89. The first kappa shape index (κ1) is 23.1. The van der Waals surface area contributed by atoms with Gasteiger partial charge in [-0.2, -0.15) is 4.72 Å². The summed E-state index contributed by atoms with van der Waals surface area (Å²) in [6, 6.07) is 18.8. The molecule has 1 amide bonds. The summed E-state index contributed by atoms with van der Waals surface area (Å²) < 4.78 is 33.9. The molecule has 0 radical (unpaired) electrons. The van der Waals surface area contributed by atoms with Crippen molar-refractivity contribution in [3.8, 4) is 5.75 Å². The number of carbonyl (C=O) groups is 1. The van der Waals surface area contributed by atoms with Gasteiger partial charge in [0.05, 0.1) is 7.11 Å². The minimum atomic E-state index is -4.14. The highest BCUT2D eigenvalue weighted by Gasteiger charge is 2.28. The van der Waals surface area contributed by atoms with Crippen LogP contribution in [0.2, 0.25) is 10.0 Å². The van der Waals surface area contributed by atoms with Crippen molar-refractivity contribution in [2.24, 2.45) is 0 Å². The molecule has 0 spiro atoms. The Hall–Kier alpha value is -2.58. The molecule has 0 fully saturated rings. The lowest BCUT2D eigenvalue weighted by Gasteiger charge is -2.20. The third kappa shape index (κ3) is 6.21. The molecule has 0 aliphatic rings. The van der Waals surface area contributed by atoms with Gasteiger partial charge in [-0.1, -0.05) is 59.6 Å². The number of nitrogens with one attached hydrogen (secondary N) is 2. The molecule has 0 unspecified atom stereocenters. The third-order valence-corrected chi connectivity index (χ3v) is 6.37. The van der Waals surface area contributed by atoms with E-state index in [4.69, 9.17) is 27.9 Å². The first-order valence-electron chi connectivity index (χ1n) is 9.25. The van der Waals surface area contributed by atoms with Crippen LogP contribution in [0.25, 0.3) is 0 Å². The number of hydrogen-bond donors (Lipinski definition) is 2. The van der Waals surface area contributed by atoms with Crippen molar-refractivity contribution >= 4 is 44.8 Å². The molecule has 162 valence electrons. The minimum absolute atomic E-state index is 0.116. The second-order valence-electron chi connectivity index (χ2n) is 6.66. The summed E-state index contributed by atoms with van der Waals surface area (Å²) in [5.74, 6) is -0.415. The maximum absolute atomic E-state index is 13.1. The zero-order chi connectivity index (χ0) is 22.4. The van der Waals surface area contributed by atoms with Crippen LogP contribution in [-0.4, -0.2) is 27.5 Å². The lowest BCUT2D eigenvalue weighted by Crippen LogP contribution is -2.45. The van der Waals surface area contributed by atoms with Crippen molar-refractivity contribution in [1.82, 2.24) is 4.72 Å². The Bertz CT molecular complexity index is 1170. The first-order valence-corrected chi connectivity index (χ1v) is 11.5. The predicted molar refractivity (Wildman–Crippen MR) is 122 cm³/mol. The van der Waals surface area contributed by atoms with E-state index < -0.39 is 22.0 Å². The summed E-state index contributed by atoms with van der Waals surface area (Å²) in [5, 5.41) is 3.38. The van der Waals surface area contributed by atoms with E-state index in [1.54, 1.807) is 24.3 Å². The van der Waals surface area contributed by atoms with E-state index in [-0.39, 0.29) is 22.1 Å². The minimum Gasteiger partial charge on any atom is -0.495 e. The van der Waals surface area contributed by atoms with Gasteiger partial charge < -0.3 is 10.1 Å². The number of sulfonamides is 1. The van der Waals surface area contributed by atoms with Gasteiger partial charge in [-0.05, 0) is 48.4 Å². The van der Waals surface area contributed by atoms with Crippen LogP contribution in [0.15, 0.2) is 77.7 Å². The van der Waals surface area contributed by atoms with Gasteiger partial charge in [-0.15, -0.1) is 0 Å². The highest BCUT2D eigenvalue weighted by atomic mass is 35.5. The Morgan fingerprint density at radius 1 is 0.968 bits per heavy atom. The van der Waals surface area contributed by atoms with Gasteiger partial charge in [0, 0.05) is 15.7 Å². The van der Waals surface area contributed by atoms with E-state index in [1.165, 1.54) is 25.3 Å². The fourth-order valence-corrected chi connectivity index (χ4v) is 4.76. The van der Waals surface area contributed by atoms with Crippen molar-refractivity contribution in [3.05, 3.63) is 88.4 Å². The number of benzene rings is 3. The largest absolute Gasteiger partial charge is 0.495 e. The maximum Gasteiger partial charge on any atom is 0.245 e.